The molecule has 9 N–H and O–H groups in total. The van der Waals surface area contributed by atoms with Crippen LogP contribution in [0.4, 0.5) is 0 Å². The number of carbonyl (C=O) groups is 10. The number of carboxylic acids is 1. The molecule has 0 radical (unpaired) electrons. The van der Waals surface area contributed by atoms with Crippen molar-refractivity contribution in [1.29, 1.82) is 0 Å². The second-order valence-electron chi connectivity index (χ2n) is 23.9. The fourth-order valence-electron chi connectivity index (χ4n) is 9.19. The standard InChI is InChI=1S/C59H85ClN8O17S/c1-33(2)50(67-47(71)23-26-68(27-24-49(73)74)48(72)22-21-45(69)61-25-28-86(80,81)82)55(77)63-35(4)53(75)62-32-37-15-18-39(19-16-37)52-51(85-52)34(3)43-13-12-14-46(70)65-41(30-38-17-20-44(83-11)40(60)29-38)54(76)64-36(5)59(9,10)57(79)66-42(56(78)84-43)31-58(6,7)8/h12,14-20,29,33-36,41-43,50-52H,13,21-28,30-32H2,1-11H3,(H,61,69)(H,62,75)(H,63,77)(H,64,76)(H,65,70)(H,66,79)(H,67,71)(H,73,74)(H,80,81,82)/b14-12+/t34-,35-,36-,41-,42-,43-,50-,51+,52+/m0/s1. The van der Waals surface area contributed by atoms with E-state index in [1.54, 1.807) is 71.0 Å². The molecular formula is C59H85ClN8O17S. The summed E-state index contributed by atoms with van der Waals surface area (Å²) in [6.07, 6.45) is -0.0613. The minimum Gasteiger partial charge on any atom is -0.495 e. The molecule has 4 rings (SSSR count). The lowest BCUT2D eigenvalue weighted by molar-refractivity contribution is -0.157. The largest absolute Gasteiger partial charge is 0.495 e. The molecule has 476 valence electrons. The summed E-state index contributed by atoms with van der Waals surface area (Å²) < 4.78 is 48.4. The summed E-state index contributed by atoms with van der Waals surface area (Å²) >= 11 is 6.41. The van der Waals surface area contributed by atoms with Crippen LogP contribution in [0, 0.1) is 22.7 Å². The number of carbonyl (C=O) groups excluding carboxylic acids is 9. The molecule has 2 aliphatic rings. The predicted octanol–water partition coefficient (Wildman–Crippen LogP) is 3.22. The van der Waals surface area contributed by atoms with E-state index < -0.39 is 159 Å². The van der Waals surface area contributed by atoms with Gasteiger partial charge in [-0.25, -0.2) is 4.79 Å². The Morgan fingerprint density at radius 1 is 0.849 bits per heavy atom. The fourth-order valence-corrected chi connectivity index (χ4v) is 9.83. The Hall–Kier alpha value is -7.16. The Kier molecular flexibility index (Phi) is 26.5. The monoisotopic (exact) mass is 1240 g/mol. The third-order valence-corrected chi connectivity index (χ3v) is 15.9. The quantitative estimate of drug-likeness (QED) is 0.0371. The summed E-state index contributed by atoms with van der Waals surface area (Å²) in [5.41, 5.74) is 0.462. The van der Waals surface area contributed by atoms with Gasteiger partial charge in [0.25, 0.3) is 10.1 Å². The first kappa shape index (κ1) is 71.3. The van der Waals surface area contributed by atoms with Crippen molar-refractivity contribution < 1.29 is 80.2 Å². The number of halogens is 1. The highest BCUT2D eigenvalue weighted by atomic mass is 35.5. The smallest absolute Gasteiger partial charge is 0.328 e. The number of cyclic esters (lactones) is 1. The molecule has 1 fully saturated rings. The van der Waals surface area contributed by atoms with E-state index in [1.165, 1.54) is 20.1 Å². The molecule has 1 saturated heterocycles. The van der Waals surface area contributed by atoms with Gasteiger partial charge in [0.1, 0.15) is 42.1 Å². The Morgan fingerprint density at radius 3 is 2.10 bits per heavy atom. The highest BCUT2D eigenvalue weighted by molar-refractivity contribution is 7.85. The van der Waals surface area contributed by atoms with Crippen LogP contribution in [0.2, 0.25) is 5.02 Å². The number of amides is 8. The molecule has 2 aliphatic heterocycles. The summed E-state index contributed by atoms with van der Waals surface area (Å²) in [6, 6.07) is 7.21. The van der Waals surface area contributed by atoms with Crippen molar-refractivity contribution in [2.45, 2.75) is 169 Å². The molecule has 27 heteroatoms. The van der Waals surface area contributed by atoms with Crippen LogP contribution in [0.1, 0.15) is 131 Å². The Labute approximate surface area is 507 Å². The van der Waals surface area contributed by atoms with Crippen LogP contribution in [0.25, 0.3) is 0 Å². The van der Waals surface area contributed by atoms with Crippen molar-refractivity contribution in [2.24, 2.45) is 22.7 Å². The molecule has 25 nitrogen and oxygen atoms in total. The maximum Gasteiger partial charge on any atom is 0.328 e. The highest BCUT2D eigenvalue weighted by Crippen LogP contribution is 2.45. The van der Waals surface area contributed by atoms with Crippen molar-refractivity contribution in [1.82, 2.24) is 42.1 Å². The number of nitrogens with zero attached hydrogens (tertiary/aromatic N) is 1. The van der Waals surface area contributed by atoms with E-state index in [4.69, 9.17) is 30.4 Å². The van der Waals surface area contributed by atoms with Gasteiger partial charge in [-0.3, -0.25) is 47.7 Å². The lowest BCUT2D eigenvalue weighted by Gasteiger charge is -2.35. The maximum absolute atomic E-state index is 14.2. The van der Waals surface area contributed by atoms with Gasteiger partial charge in [-0.15, -0.1) is 0 Å². The van der Waals surface area contributed by atoms with Crippen LogP contribution >= 0.6 is 11.6 Å². The van der Waals surface area contributed by atoms with Crippen LogP contribution < -0.4 is 42.0 Å². The van der Waals surface area contributed by atoms with Gasteiger partial charge < -0.3 is 61.4 Å². The number of hydrogen-bond acceptors (Lipinski definition) is 15. The minimum absolute atomic E-state index is 0.0573. The number of rotatable bonds is 26. The van der Waals surface area contributed by atoms with Gasteiger partial charge in [0, 0.05) is 70.2 Å². The van der Waals surface area contributed by atoms with E-state index in [2.05, 4.69) is 37.2 Å². The number of benzene rings is 2. The zero-order valence-corrected chi connectivity index (χ0v) is 52.3. The first-order valence-electron chi connectivity index (χ1n) is 28.5. The predicted molar refractivity (Wildman–Crippen MR) is 316 cm³/mol. The zero-order chi connectivity index (χ0) is 64.4. The van der Waals surface area contributed by atoms with Crippen molar-refractivity contribution in [3.63, 3.8) is 0 Å². The van der Waals surface area contributed by atoms with E-state index in [0.717, 1.165) is 10.5 Å². The Bertz CT molecular complexity index is 2920. The average Bonchev–Trinajstić information content (AvgIpc) is 2.07. The lowest BCUT2D eigenvalue weighted by atomic mass is 9.82. The zero-order valence-electron chi connectivity index (χ0n) is 50.7. The Morgan fingerprint density at radius 2 is 1.50 bits per heavy atom. The first-order chi connectivity index (χ1) is 40.1. The molecule has 0 aliphatic carbocycles. The molecule has 2 aromatic carbocycles. The van der Waals surface area contributed by atoms with Gasteiger partial charge >= 0.3 is 11.9 Å². The molecular weight excluding hydrogens is 1160 g/mol. The molecule has 2 aromatic rings. The van der Waals surface area contributed by atoms with Crippen LogP contribution in [0.15, 0.2) is 54.6 Å². The normalized spacial score (nSPS) is 21.6. The molecule has 0 bridgehead atoms. The summed E-state index contributed by atoms with van der Waals surface area (Å²) in [7, 11) is -2.84. The third kappa shape index (κ3) is 23.3. The van der Waals surface area contributed by atoms with E-state index in [9.17, 15) is 61.5 Å². The number of epoxide rings is 1. The van der Waals surface area contributed by atoms with Crippen molar-refractivity contribution in [3.8, 4) is 5.75 Å². The van der Waals surface area contributed by atoms with Crippen LogP contribution in [-0.4, -0.2) is 157 Å². The van der Waals surface area contributed by atoms with Gasteiger partial charge in [-0.2, -0.15) is 8.42 Å². The highest BCUT2D eigenvalue weighted by Gasteiger charge is 2.48. The SMILES string of the molecule is COc1ccc(C[C@@H]2NC(=O)/C=C/C[C@@H]([C@H](C)[C@H]3O[C@@H]3c3ccc(CNC(=O)[C@H](C)NC(=O)[C@@H](NC(=O)CCN(CCC(=O)O)C(=O)CCC(=O)NCCS(=O)(=O)O)C(C)C)cc3)OC(=O)[C@H](CC(C)(C)C)NC(=O)C(C)(C)[C@H](C)NC2=O)cc1Cl. The fraction of sp³-hybridized carbons (Fsp3) is 0.593. The van der Waals surface area contributed by atoms with Gasteiger partial charge in [0.15, 0.2) is 0 Å². The molecule has 0 saturated carbocycles. The molecule has 0 spiro atoms. The topological polar surface area (TPSA) is 364 Å². The van der Waals surface area contributed by atoms with Gasteiger partial charge in [0.05, 0.1) is 35.8 Å². The third-order valence-electron chi connectivity index (χ3n) is 14.9. The van der Waals surface area contributed by atoms with E-state index in [-0.39, 0.29) is 58.2 Å². The molecule has 86 heavy (non-hydrogen) atoms. The number of carboxylic acid groups (broad SMARTS) is 1. The summed E-state index contributed by atoms with van der Waals surface area (Å²) in [4.78, 5) is 133. The number of aliphatic carboxylic acids is 1. The number of ether oxygens (including phenoxy) is 3. The van der Waals surface area contributed by atoms with Gasteiger partial charge in [-0.05, 0) is 80.3 Å². The number of nitrogens with one attached hydrogen (secondary N) is 7. The lowest BCUT2D eigenvalue weighted by Crippen LogP contribution is -2.58. The van der Waals surface area contributed by atoms with Crippen LogP contribution in [0.3, 0.4) is 0 Å². The molecule has 9 atom stereocenters. The second-order valence-corrected chi connectivity index (χ2v) is 25.8. The number of methoxy groups -OCH3 is 1. The molecule has 2 heterocycles. The molecule has 0 aromatic heterocycles. The summed E-state index contributed by atoms with van der Waals surface area (Å²) in [6.45, 7) is 16.6. The van der Waals surface area contributed by atoms with Gasteiger partial charge in [0.2, 0.25) is 47.3 Å². The maximum atomic E-state index is 14.2. The van der Waals surface area contributed by atoms with E-state index >= 15 is 0 Å². The Balaban J connectivity index is 1.39. The minimum atomic E-state index is -4.32. The van der Waals surface area contributed by atoms with E-state index in [1.807, 2.05) is 39.8 Å². The summed E-state index contributed by atoms with van der Waals surface area (Å²) in [5.74, 6) is -7.89. The van der Waals surface area contributed by atoms with Crippen molar-refractivity contribution >= 4 is 80.9 Å². The molecule has 0 unspecified atom stereocenters. The number of esters is 1. The van der Waals surface area contributed by atoms with Crippen LogP contribution in [-0.2, 0) is 80.5 Å². The van der Waals surface area contributed by atoms with Crippen LogP contribution in [0.5, 0.6) is 5.75 Å². The average molecular weight is 1250 g/mol. The van der Waals surface area contributed by atoms with Crippen molar-refractivity contribution in [2.75, 3.05) is 32.5 Å². The van der Waals surface area contributed by atoms with Gasteiger partial charge in [-0.1, -0.05) is 89.6 Å². The molecule has 8 amide bonds. The first-order valence-corrected chi connectivity index (χ1v) is 30.5. The number of hydrogen-bond donors (Lipinski definition) is 9. The van der Waals surface area contributed by atoms with Crippen molar-refractivity contribution in [3.05, 3.63) is 76.3 Å². The van der Waals surface area contributed by atoms with E-state index in [0.29, 0.717) is 21.9 Å². The second kappa shape index (κ2) is 32.0. The summed E-state index contributed by atoms with van der Waals surface area (Å²) in [5, 5.41) is 28.4.